The summed E-state index contributed by atoms with van der Waals surface area (Å²) in [6.07, 6.45) is 1.00. The van der Waals surface area contributed by atoms with Crippen LogP contribution in [0.3, 0.4) is 0 Å². The van der Waals surface area contributed by atoms with Gasteiger partial charge in [-0.3, -0.25) is 4.99 Å². The predicted octanol–water partition coefficient (Wildman–Crippen LogP) is -0.284. The Balaban J connectivity index is 2.26. The van der Waals surface area contributed by atoms with Gasteiger partial charge in [-0.05, 0) is 6.42 Å². The quantitative estimate of drug-likeness (QED) is 0.486. The zero-order valence-electron chi connectivity index (χ0n) is 8.66. The van der Waals surface area contributed by atoms with Crippen molar-refractivity contribution in [3.05, 3.63) is 0 Å². The molecule has 0 aromatic carbocycles. The maximum atomic E-state index is 5.67. The fourth-order valence-electron chi connectivity index (χ4n) is 1.19. The van der Waals surface area contributed by atoms with Gasteiger partial charge in [-0.2, -0.15) is 0 Å². The van der Waals surface area contributed by atoms with Crippen LogP contribution in [0, 0.1) is 0 Å². The largest absolute Gasteiger partial charge is 0.377 e. The van der Waals surface area contributed by atoms with Gasteiger partial charge in [0, 0.05) is 6.54 Å². The first kappa shape index (κ1) is 11.3. The number of nitrogens with zero attached hydrogens (tertiary/aromatic N) is 1. The van der Waals surface area contributed by atoms with Gasteiger partial charge in [-0.1, -0.05) is 6.92 Å². The average Bonchev–Trinajstić information content (AvgIpc) is 2.43. The van der Waals surface area contributed by atoms with Gasteiger partial charge >= 0.3 is 0 Å². The molecule has 0 aliphatic carbocycles. The summed E-state index contributed by atoms with van der Waals surface area (Å²) >= 11 is 0. The highest BCUT2D eigenvalue weighted by Crippen LogP contribution is 1.94. The molecule has 0 spiro atoms. The first-order valence-electron chi connectivity index (χ1n) is 5.05. The Labute approximate surface area is 84.7 Å². The minimum absolute atomic E-state index is 0.123. The summed E-state index contributed by atoms with van der Waals surface area (Å²) in [7, 11) is 0. The van der Waals surface area contributed by atoms with Gasteiger partial charge in [0.05, 0.1) is 32.5 Å². The smallest absolute Gasteiger partial charge is 0.188 e. The average molecular weight is 201 g/mol. The lowest BCUT2D eigenvalue weighted by Crippen LogP contribution is -2.44. The van der Waals surface area contributed by atoms with E-state index < -0.39 is 0 Å². The Morgan fingerprint density at radius 2 is 2.07 bits per heavy atom. The third-order valence-corrected chi connectivity index (χ3v) is 1.87. The van der Waals surface area contributed by atoms with Crippen molar-refractivity contribution in [1.29, 1.82) is 0 Å². The van der Waals surface area contributed by atoms with Crippen molar-refractivity contribution in [3.63, 3.8) is 0 Å². The zero-order valence-corrected chi connectivity index (χ0v) is 8.66. The first-order valence-corrected chi connectivity index (χ1v) is 5.05. The second kappa shape index (κ2) is 6.62. The highest BCUT2D eigenvalue weighted by molar-refractivity contribution is 5.78. The minimum atomic E-state index is 0.123. The van der Waals surface area contributed by atoms with E-state index in [0.29, 0.717) is 32.4 Å². The van der Waals surface area contributed by atoms with E-state index in [1.54, 1.807) is 0 Å². The van der Waals surface area contributed by atoms with Crippen LogP contribution >= 0.6 is 0 Å². The minimum Gasteiger partial charge on any atom is -0.377 e. The molecule has 1 heterocycles. The summed E-state index contributed by atoms with van der Waals surface area (Å²) in [6, 6.07) is 0.123. The van der Waals surface area contributed by atoms with E-state index in [2.05, 4.69) is 17.2 Å². The fraction of sp³-hybridized carbons (Fsp3) is 0.889. The Morgan fingerprint density at radius 3 is 2.64 bits per heavy atom. The van der Waals surface area contributed by atoms with Gasteiger partial charge in [0.15, 0.2) is 5.96 Å². The van der Waals surface area contributed by atoms with Crippen LogP contribution in [-0.2, 0) is 9.47 Å². The number of nitrogens with two attached hydrogens (primary N) is 1. The Morgan fingerprint density at radius 1 is 1.43 bits per heavy atom. The van der Waals surface area contributed by atoms with E-state index in [4.69, 9.17) is 15.2 Å². The Kier molecular flexibility index (Phi) is 5.32. The zero-order chi connectivity index (χ0) is 10.2. The number of nitrogens with one attached hydrogen (secondary N) is 1. The third kappa shape index (κ3) is 4.43. The number of hydrogen-bond donors (Lipinski definition) is 2. The molecule has 0 unspecified atom stereocenters. The lowest BCUT2D eigenvalue weighted by molar-refractivity contribution is 0.103. The number of rotatable bonds is 3. The third-order valence-electron chi connectivity index (χ3n) is 1.87. The molecular weight excluding hydrogens is 182 g/mol. The second-order valence-corrected chi connectivity index (χ2v) is 3.26. The van der Waals surface area contributed by atoms with Crippen molar-refractivity contribution in [2.45, 2.75) is 19.4 Å². The molecule has 0 bridgehead atoms. The fourth-order valence-corrected chi connectivity index (χ4v) is 1.19. The van der Waals surface area contributed by atoms with Crippen LogP contribution in [0.15, 0.2) is 4.99 Å². The summed E-state index contributed by atoms with van der Waals surface area (Å²) < 4.78 is 10.6. The summed E-state index contributed by atoms with van der Waals surface area (Å²) in [5, 5.41) is 3.07. The molecule has 0 atom stereocenters. The molecule has 5 heteroatoms. The maximum Gasteiger partial charge on any atom is 0.188 e. The molecule has 14 heavy (non-hydrogen) atoms. The van der Waals surface area contributed by atoms with Crippen molar-refractivity contribution in [2.75, 3.05) is 33.0 Å². The Hall–Kier alpha value is -0.810. The van der Waals surface area contributed by atoms with Crippen LogP contribution in [0.25, 0.3) is 0 Å². The molecule has 5 nitrogen and oxygen atoms in total. The molecule has 0 aromatic rings. The van der Waals surface area contributed by atoms with Crippen molar-refractivity contribution < 1.29 is 9.47 Å². The van der Waals surface area contributed by atoms with Crippen LogP contribution in [0.5, 0.6) is 0 Å². The van der Waals surface area contributed by atoms with E-state index in [1.165, 1.54) is 0 Å². The molecular formula is C9H19N3O2. The van der Waals surface area contributed by atoms with Crippen LogP contribution in [0.1, 0.15) is 13.3 Å². The Bertz CT molecular complexity index is 177. The normalized spacial score (nSPS) is 20.5. The van der Waals surface area contributed by atoms with Crippen LogP contribution in [-0.4, -0.2) is 45.0 Å². The number of ether oxygens (including phenoxy) is 2. The highest BCUT2D eigenvalue weighted by Gasteiger charge is 2.12. The van der Waals surface area contributed by atoms with Crippen LogP contribution in [0.2, 0.25) is 0 Å². The summed E-state index contributed by atoms with van der Waals surface area (Å²) in [5.41, 5.74) is 5.67. The molecule has 0 radical (unpaired) electrons. The summed E-state index contributed by atoms with van der Waals surface area (Å²) in [5.74, 6) is 0.478. The van der Waals surface area contributed by atoms with Crippen LogP contribution in [0.4, 0.5) is 0 Å². The number of aliphatic imine (C=N–C) groups is 1. The van der Waals surface area contributed by atoms with Crippen molar-refractivity contribution in [2.24, 2.45) is 10.7 Å². The molecule has 0 saturated carbocycles. The molecule has 1 saturated heterocycles. The van der Waals surface area contributed by atoms with Gasteiger partial charge < -0.3 is 20.5 Å². The standard InChI is InChI=1S/C9H19N3O2/c1-2-3-11-9(10)12-8-6-13-4-5-14-7-8/h8H,2-7H2,1H3,(H3,10,11,12). The predicted molar refractivity (Wildman–Crippen MR) is 55.3 cm³/mol. The van der Waals surface area contributed by atoms with Gasteiger partial charge in [0.25, 0.3) is 0 Å². The molecule has 82 valence electrons. The van der Waals surface area contributed by atoms with E-state index in [0.717, 1.165) is 13.0 Å². The molecule has 3 N–H and O–H groups in total. The monoisotopic (exact) mass is 201 g/mol. The summed E-state index contributed by atoms with van der Waals surface area (Å²) in [4.78, 5) is 4.14. The molecule has 1 rings (SSSR count). The van der Waals surface area contributed by atoms with Gasteiger partial charge in [-0.15, -0.1) is 0 Å². The molecule has 0 amide bonds. The van der Waals surface area contributed by atoms with Crippen molar-refractivity contribution in [3.8, 4) is 0 Å². The van der Waals surface area contributed by atoms with E-state index in [-0.39, 0.29) is 6.04 Å². The first-order chi connectivity index (χ1) is 6.83. The van der Waals surface area contributed by atoms with E-state index in [1.807, 2.05) is 0 Å². The molecule has 1 aliphatic rings. The topological polar surface area (TPSA) is 68.9 Å². The number of guanidine groups is 1. The van der Waals surface area contributed by atoms with Crippen LogP contribution < -0.4 is 11.1 Å². The van der Waals surface area contributed by atoms with Crippen molar-refractivity contribution in [1.82, 2.24) is 5.32 Å². The molecule has 0 aromatic heterocycles. The summed E-state index contributed by atoms with van der Waals surface area (Å²) in [6.45, 7) is 5.39. The lowest BCUT2D eigenvalue weighted by atomic mass is 10.3. The van der Waals surface area contributed by atoms with Gasteiger partial charge in [-0.25, -0.2) is 0 Å². The van der Waals surface area contributed by atoms with E-state index >= 15 is 0 Å². The van der Waals surface area contributed by atoms with E-state index in [9.17, 15) is 0 Å². The second-order valence-electron chi connectivity index (χ2n) is 3.26. The van der Waals surface area contributed by atoms with Gasteiger partial charge in [0.1, 0.15) is 0 Å². The lowest BCUT2D eigenvalue weighted by Gasteiger charge is -2.15. The molecule has 1 aliphatic heterocycles. The number of hydrogen-bond acceptors (Lipinski definition) is 3. The van der Waals surface area contributed by atoms with Gasteiger partial charge in [0.2, 0.25) is 0 Å². The SMILES string of the molecule is CCCN=C(N)NC1COCCOC1. The molecule has 1 fully saturated rings. The van der Waals surface area contributed by atoms with Crippen molar-refractivity contribution >= 4 is 5.96 Å². The maximum absolute atomic E-state index is 5.67. The highest BCUT2D eigenvalue weighted by atomic mass is 16.5.